The quantitative estimate of drug-likeness (QED) is 0.290. The Morgan fingerprint density at radius 2 is 1.86 bits per heavy atom. The zero-order valence-corrected chi connectivity index (χ0v) is 20.6. The number of nitrogens with two attached hydrogens (primary N) is 1. The minimum absolute atomic E-state index is 0.127. The number of carbonyl (C=O) groups excluding carboxylic acids is 1. The second kappa shape index (κ2) is 10.2. The molecule has 3 heterocycles. The molecule has 190 valence electrons. The maximum absolute atomic E-state index is 13.5. The molecule has 2 aromatic carbocycles. The smallest absolute Gasteiger partial charge is 0.251 e. The molecule has 6 nitrogen and oxygen atoms in total. The second-order valence-corrected chi connectivity index (χ2v) is 9.45. The Labute approximate surface area is 217 Å². The second-order valence-electron chi connectivity index (χ2n) is 9.04. The number of carbonyl (C=O) groups is 1. The van der Waals surface area contributed by atoms with E-state index in [2.05, 4.69) is 10.3 Å². The topological polar surface area (TPSA) is 84.4 Å². The number of piperidine rings is 1. The minimum atomic E-state index is -2.57. The number of hydrogen-bond acceptors (Lipinski definition) is 5. The van der Waals surface area contributed by atoms with Gasteiger partial charge in [-0.25, -0.2) is 8.78 Å². The Bertz CT molecular complexity index is 1440. The average Bonchev–Trinajstić information content (AvgIpc) is 3.31. The minimum Gasteiger partial charge on any atom is -0.459 e. The summed E-state index contributed by atoms with van der Waals surface area (Å²) in [5.74, 6) is -2.29. The number of benzene rings is 2. The van der Waals surface area contributed by atoms with Crippen LogP contribution in [0.5, 0.6) is 0 Å². The van der Waals surface area contributed by atoms with Crippen LogP contribution in [-0.2, 0) is 11.3 Å². The van der Waals surface area contributed by atoms with Gasteiger partial charge in [-0.15, -0.1) is 0 Å². The van der Waals surface area contributed by atoms with E-state index in [0.29, 0.717) is 40.8 Å². The molecule has 2 aromatic heterocycles. The SMILES string of the molecule is Nc1ccc(/C=C/C(=O)NCc2cc3c(Cl)cc(-c4ccc(N5CCC(F)(F)CC5)cc4)cc3o2)nc1. The van der Waals surface area contributed by atoms with E-state index in [9.17, 15) is 13.6 Å². The van der Waals surface area contributed by atoms with Crippen LogP contribution >= 0.6 is 11.6 Å². The van der Waals surface area contributed by atoms with E-state index in [0.717, 1.165) is 22.2 Å². The van der Waals surface area contributed by atoms with Gasteiger partial charge in [0.05, 0.1) is 29.1 Å². The maximum atomic E-state index is 13.5. The summed E-state index contributed by atoms with van der Waals surface area (Å²) in [6.07, 6.45) is 4.27. The molecule has 0 radical (unpaired) electrons. The predicted molar refractivity (Wildman–Crippen MR) is 143 cm³/mol. The number of furan rings is 1. The van der Waals surface area contributed by atoms with Crippen LogP contribution in [0.4, 0.5) is 20.2 Å². The highest BCUT2D eigenvalue weighted by atomic mass is 35.5. The highest BCUT2D eigenvalue weighted by Gasteiger charge is 2.34. The Morgan fingerprint density at radius 3 is 2.57 bits per heavy atom. The van der Waals surface area contributed by atoms with E-state index < -0.39 is 5.92 Å². The molecular formula is C28H25ClF2N4O2. The maximum Gasteiger partial charge on any atom is 0.251 e. The molecule has 1 saturated heterocycles. The van der Waals surface area contributed by atoms with Crippen molar-refractivity contribution >= 4 is 45.9 Å². The van der Waals surface area contributed by atoms with Crippen LogP contribution in [0.3, 0.4) is 0 Å². The first-order chi connectivity index (χ1) is 17.8. The molecule has 0 saturated carbocycles. The number of alkyl halides is 2. The summed E-state index contributed by atoms with van der Waals surface area (Å²) in [7, 11) is 0. The van der Waals surface area contributed by atoms with Gasteiger partial charge in [0.1, 0.15) is 11.3 Å². The van der Waals surface area contributed by atoms with E-state index in [4.69, 9.17) is 21.8 Å². The van der Waals surface area contributed by atoms with Crippen molar-refractivity contribution < 1.29 is 18.0 Å². The molecule has 4 aromatic rings. The predicted octanol–water partition coefficient (Wildman–Crippen LogP) is 6.30. The van der Waals surface area contributed by atoms with Gasteiger partial charge in [-0.05, 0) is 59.7 Å². The molecule has 0 atom stereocenters. The fraction of sp³-hybridized carbons (Fsp3) is 0.214. The van der Waals surface area contributed by atoms with Gasteiger partial charge in [0.25, 0.3) is 5.92 Å². The van der Waals surface area contributed by atoms with E-state index in [1.807, 2.05) is 47.4 Å². The number of pyridine rings is 1. The summed E-state index contributed by atoms with van der Waals surface area (Å²) in [5, 5.41) is 4.07. The zero-order chi connectivity index (χ0) is 26.0. The van der Waals surface area contributed by atoms with E-state index in [-0.39, 0.29) is 25.3 Å². The molecular weight excluding hydrogens is 498 g/mol. The largest absolute Gasteiger partial charge is 0.459 e. The summed E-state index contributed by atoms with van der Waals surface area (Å²) < 4.78 is 32.9. The van der Waals surface area contributed by atoms with E-state index >= 15 is 0 Å². The molecule has 0 aliphatic carbocycles. The lowest BCUT2D eigenvalue weighted by atomic mass is 10.0. The van der Waals surface area contributed by atoms with Crippen molar-refractivity contribution in [3.63, 3.8) is 0 Å². The van der Waals surface area contributed by atoms with Crippen molar-refractivity contribution in [2.75, 3.05) is 23.7 Å². The van der Waals surface area contributed by atoms with Gasteiger partial charge in [0.2, 0.25) is 5.91 Å². The molecule has 9 heteroatoms. The number of nitrogen functional groups attached to an aromatic ring is 1. The van der Waals surface area contributed by atoms with Crippen LogP contribution < -0.4 is 16.0 Å². The van der Waals surface area contributed by atoms with Crippen molar-refractivity contribution in [1.29, 1.82) is 0 Å². The fourth-order valence-corrected chi connectivity index (χ4v) is 4.53. The van der Waals surface area contributed by atoms with Gasteiger partial charge in [-0.3, -0.25) is 9.78 Å². The number of amides is 1. The monoisotopic (exact) mass is 522 g/mol. The Morgan fingerprint density at radius 1 is 1.11 bits per heavy atom. The van der Waals surface area contributed by atoms with E-state index in [1.165, 1.54) is 12.3 Å². The number of rotatable bonds is 6. The van der Waals surface area contributed by atoms with E-state index in [1.54, 1.807) is 18.2 Å². The van der Waals surface area contributed by atoms with Crippen LogP contribution in [0, 0.1) is 0 Å². The zero-order valence-electron chi connectivity index (χ0n) is 19.9. The number of aromatic nitrogens is 1. The lowest BCUT2D eigenvalue weighted by molar-refractivity contribution is -0.116. The Hall–Kier alpha value is -3.91. The lowest BCUT2D eigenvalue weighted by Gasteiger charge is -2.33. The molecule has 0 bridgehead atoms. The molecule has 1 aliphatic heterocycles. The summed E-state index contributed by atoms with van der Waals surface area (Å²) in [5.41, 5.74) is 10.1. The van der Waals surface area contributed by atoms with Gasteiger partial charge >= 0.3 is 0 Å². The van der Waals surface area contributed by atoms with Crippen molar-refractivity contribution in [2.24, 2.45) is 0 Å². The first-order valence-electron chi connectivity index (χ1n) is 11.9. The van der Waals surface area contributed by atoms with Gasteiger partial charge < -0.3 is 20.4 Å². The third kappa shape index (κ3) is 5.91. The van der Waals surface area contributed by atoms with Crippen LogP contribution in [0.25, 0.3) is 28.2 Å². The lowest BCUT2D eigenvalue weighted by Crippen LogP contribution is -2.39. The van der Waals surface area contributed by atoms with Crippen molar-refractivity contribution in [2.45, 2.75) is 25.3 Å². The molecule has 0 unspecified atom stereocenters. The number of hydrogen-bond donors (Lipinski definition) is 2. The number of halogens is 3. The van der Waals surface area contributed by atoms with Crippen molar-refractivity contribution in [3.8, 4) is 11.1 Å². The molecule has 5 rings (SSSR count). The molecule has 1 fully saturated rings. The molecule has 1 amide bonds. The van der Waals surface area contributed by atoms with Gasteiger partial charge in [0.15, 0.2) is 0 Å². The average molecular weight is 523 g/mol. The number of anilines is 2. The first-order valence-corrected chi connectivity index (χ1v) is 12.3. The van der Waals surface area contributed by atoms with Crippen LogP contribution in [0.1, 0.15) is 24.3 Å². The third-order valence-corrected chi connectivity index (χ3v) is 6.66. The van der Waals surface area contributed by atoms with Gasteiger partial charge in [-0.2, -0.15) is 0 Å². The molecule has 1 aliphatic rings. The van der Waals surface area contributed by atoms with Crippen molar-refractivity contribution in [1.82, 2.24) is 10.3 Å². The highest BCUT2D eigenvalue weighted by Crippen LogP contribution is 2.35. The molecule has 3 N–H and O–H groups in total. The number of fused-ring (bicyclic) bond motifs is 1. The summed E-state index contributed by atoms with van der Waals surface area (Å²) in [4.78, 5) is 18.3. The fourth-order valence-electron chi connectivity index (χ4n) is 4.27. The Kier molecular flexibility index (Phi) is 6.84. The van der Waals surface area contributed by atoms with Crippen LogP contribution in [0.15, 0.2) is 71.3 Å². The number of nitrogens with one attached hydrogen (secondary N) is 1. The van der Waals surface area contributed by atoms with Crippen LogP contribution in [0.2, 0.25) is 5.02 Å². The summed E-state index contributed by atoms with van der Waals surface area (Å²) in [6, 6.07) is 16.8. The first kappa shape index (κ1) is 24.8. The van der Waals surface area contributed by atoms with Crippen molar-refractivity contribution in [3.05, 3.63) is 83.3 Å². The van der Waals surface area contributed by atoms with Gasteiger partial charge in [0, 0.05) is 43.1 Å². The molecule has 37 heavy (non-hydrogen) atoms. The summed E-state index contributed by atoms with van der Waals surface area (Å²) in [6.45, 7) is 0.871. The highest BCUT2D eigenvalue weighted by molar-refractivity contribution is 6.35. The van der Waals surface area contributed by atoms with Crippen LogP contribution in [-0.4, -0.2) is 29.9 Å². The number of nitrogens with zero attached hydrogens (tertiary/aromatic N) is 2. The van der Waals surface area contributed by atoms with Gasteiger partial charge in [-0.1, -0.05) is 23.7 Å². The normalized spacial score (nSPS) is 15.4. The third-order valence-electron chi connectivity index (χ3n) is 6.35. The Balaban J connectivity index is 1.25. The molecule has 0 spiro atoms. The standard InChI is InChI=1S/C28H25ClF2N4O2/c29-25-13-19(18-1-6-22(7-2-18)35-11-9-28(30,31)10-12-35)14-26-24(25)15-23(37-26)17-34-27(36)8-5-21-4-3-20(32)16-33-21/h1-8,13-16H,9-12,17,32H2,(H,34,36)/b8-5+. The summed E-state index contributed by atoms with van der Waals surface area (Å²) >= 11 is 6.54.